The number of allylic oxidation sites excluding steroid dienone is 1. The maximum atomic E-state index is 13.2. The van der Waals surface area contributed by atoms with Gasteiger partial charge in [-0.25, -0.2) is 9.79 Å². The second-order valence-electron chi connectivity index (χ2n) is 8.44. The molecule has 3 rings (SSSR count). The zero-order valence-electron chi connectivity index (χ0n) is 18.4. The van der Waals surface area contributed by atoms with Gasteiger partial charge in [-0.2, -0.15) is 0 Å². The van der Waals surface area contributed by atoms with Crippen LogP contribution in [0.2, 0.25) is 0 Å². The van der Waals surface area contributed by atoms with Gasteiger partial charge in [0.05, 0.1) is 23.7 Å². The average molecular weight is 428 g/mol. The number of thioether (sulfide) groups is 1. The van der Waals surface area contributed by atoms with Crippen molar-refractivity contribution in [1.29, 1.82) is 0 Å². The van der Waals surface area contributed by atoms with E-state index in [-0.39, 0.29) is 18.3 Å². The molecular weight excluding hydrogens is 398 g/mol. The second-order valence-corrected chi connectivity index (χ2v) is 9.28. The standard InChI is InChI=1S/C23H29N3O3S/c1-7-24-18(27)12-17-13-30-22-25-15(3)19(21(28)29-23(4,5)6)20(26(17)22)16-10-8-9-14(2)11-16/h8-11,13,20H,7,12H2,1-6H3,(H,24,27). The molecule has 0 saturated heterocycles. The molecule has 0 bridgehead atoms. The van der Waals surface area contributed by atoms with Crippen LogP contribution in [0.3, 0.4) is 0 Å². The minimum atomic E-state index is -0.620. The van der Waals surface area contributed by atoms with E-state index in [4.69, 9.17) is 4.74 Å². The van der Waals surface area contributed by atoms with E-state index in [1.54, 1.807) is 0 Å². The quantitative estimate of drug-likeness (QED) is 0.704. The third kappa shape index (κ3) is 4.78. The number of esters is 1. The Morgan fingerprint density at radius 2 is 2.00 bits per heavy atom. The van der Waals surface area contributed by atoms with Crippen molar-refractivity contribution < 1.29 is 14.3 Å². The van der Waals surface area contributed by atoms with Gasteiger partial charge in [0, 0.05) is 12.2 Å². The van der Waals surface area contributed by atoms with Crippen LogP contribution in [-0.4, -0.2) is 34.1 Å². The molecule has 0 spiro atoms. The average Bonchev–Trinajstić information content (AvgIpc) is 3.01. The number of amidine groups is 1. The first-order chi connectivity index (χ1) is 14.1. The summed E-state index contributed by atoms with van der Waals surface area (Å²) in [5.74, 6) is -0.442. The SMILES string of the molecule is CCNC(=O)CC1=CSC2=NC(C)=C(C(=O)OC(C)(C)C)C(c3cccc(C)c3)N12. The maximum Gasteiger partial charge on any atom is 0.338 e. The van der Waals surface area contributed by atoms with Gasteiger partial charge in [0.25, 0.3) is 0 Å². The van der Waals surface area contributed by atoms with Crippen molar-refractivity contribution in [3.8, 4) is 0 Å². The van der Waals surface area contributed by atoms with Crippen LogP contribution in [0.1, 0.15) is 58.2 Å². The molecule has 1 aromatic rings. The summed E-state index contributed by atoms with van der Waals surface area (Å²) in [5, 5.41) is 5.56. The van der Waals surface area contributed by atoms with Crippen LogP contribution in [-0.2, 0) is 14.3 Å². The Morgan fingerprint density at radius 1 is 1.27 bits per heavy atom. The van der Waals surface area contributed by atoms with Gasteiger partial charge in [-0.05, 0) is 52.5 Å². The first-order valence-electron chi connectivity index (χ1n) is 10.1. The van der Waals surface area contributed by atoms with Gasteiger partial charge >= 0.3 is 5.97 Å². The Labute approximate surface area is 182 Å². The monoisotopic (exact) mass is 427 g/mol. The van der Waals surface area contributed by atoms with E-state index in [0.29, 0.717) is 17.8 Å². The van der Waals surface area contributed by atoms with Gasteiger partial charge in [-0.15, -0.1) is 0 Å². The number of aryl methyl sites for hydroxylation is 1. The summed E-state index contributed by atoms with van der Waals surface area (Å²) in [4.78, 5) is 32.2. The van der Waals surface area contributed by atoms with Crippen LogP contribution in [0.15, 0.2) is 51.6 Å². The number of rotatable bonds is 5. The highest BCUT2D eigenvalue weighted by Crippen LogP contribution is 2.45. The lowest BCUT2D eigenvalue weighted by Crippen LogP contribution is -2.39. The molecule has 2 aliphatic rings. The Bertz CT molecular complexity index is 957. The molecular formula is C23H29N3O3S. The third-order valence-electron chi connectivity index (χ3n) is 4.69. The highest BCUT2D eigenvalue weighted by Gasteiger charge is 2.41. The molecule has 1 unspecified atom stereocenters. The molecule has 30 heavy (non-hydrogen) atoms. The number of carbonyl (C=O) groups excluding carboxylic acids is 2. The zero-order chi connectivity index (χ0) is 22.1. The van der Waals surface area contributed by atoms with Gasteiger partial charge in [-0.3, -0.25) is 4.79 Å². The number of hydrogen-bond acceptors (Lipinski definition) is 6. The summed E-state index contributed by atoms with van der Waals surface area (Å²) < 4.78 is 5.73. The van der Waals surface area contributed by atoms with Crippen LogP contribution in [0.25, 0.3) is 0 Å². The van der Waals surface area contributed by atoms with E-state index >= 15 is 0 Å². The van der Waals surface area contributed by atoms with E-state index in [2.05, 4.69) is 16.4 Å². The number of fused-ring (bicyclic) bond motifs is 1. The highest BCUT2D eigenvalue weighted by atomic mass is 32.2. The summed E-state index contributed by atoms with van der Waals surface area (Å²) in [6.07, 6.45) is 0.225. The minimum absolute atomic E-state index is 0.0568. The molecule has 0 aliphatic carbocycles. The summed E-state index contributed by atoms with van der Waals surface area (Å²) in [6.45, 7) is 11.9. The van der Waals surface area contributed by atoms with Crippen molar-refractivity contribution in [2.75, 3.05) is 6.54 Å². The predicted octanol–water partition coefficient (Wildman–Crippen LogP) is 4.44. The van der Waals surface area contributed by atoms with Crippen molar-refractivity contribution >= 4 is 28.8 Å². The fourth-order valence-electron chi connectivity index (χ4n) is 3.54. The molecule has 7 heteroatoms. The molecule has 0 saturated carbocycles. The molecule has 1 aromatic carbocycles. The van der Waals surface area contributed by atoms with Crippen molar-refractivity contribution in [2.24, 2.45) is 4.99 Å². The lowest BCUT2D eigenvalue weighted by Gasteiger charge is -2.37. The van der Waals surface area contributed by atoms with Crippen LogP contribution in [0, 0.1) is 6.92 Å². The minimum Gasteiger partial charge on any atom is -0.456 e. The fourth-order valence-corrected chi connectivity index (χ4v) is 4.51. The van der Waals surface area contributed by atoms with E-state index in [1.807, 2.05) is 70.0 Å². The summed E-state index contributed by atoms with van der Waals surface area (Å²) in [5.41, 5.74) is 3.41. The molecule has 1 amide bonds. The third-order valence-corrected chi connectivity index (χ3v) is 5.58. The number of ether oxygens (including phenoxy) is 1. The zero-order valence-corrected chi connectivity index (χ0v) is 19.2. The van der Waals surface area contributed by atoms with E-state index in [0.717, 1.165) is 22.0 Å². The number of aliphatic imine (C=N–C) groups is 1. The molecule has 0 aromatic heterocycles. The van der Waals surface area contributed by atoms with Crippen molar-refractivity contribution in [1.82, 2.24) is 10.2 Å². The number of amides is 1. The highest BCUT2D eigenvalue weighted by molar-refractivity contribution is 8.16. The Hall–Kier alpha value is -2.54. The van der Waals surface area contributed by atoms with Crippen LogP contribution in [0.4, 0.5) is 0 Å². The molecule has 160 valence electrons. The number of carbonyl (C=O) groups is 2. The van der Waals surface area contributed by atoms with Crippen LogP contribution >= 0.6 is 11.8 Å². The predicted molar refractivity (Wildman–Crippen MR) is 121 cm³/mol. The first kappa shape index (κ1) is 22.2. The smallest absolute Gasteiger partial charge is 0.338 e. The van der Waals surface area contributed by atoms with Crippen LogP contribution < -0.4 is 5.32 Å². The van der Waals surface area contributed by atoms with Gasteiger partial charge in [0.1, 0.15) is 5.60 Å². The Morgan fingerprint density at radius 3 is 2.63 bits per heavy atom. The normalized spacial score (nSPS) is 18.6. The molecule has 1 N–H and O–H groups in total. The van der Waals surface area contributed by atoms with Gasteiger partial charge < -0.3 is 15.0 Å². The van der Waals surface area contributed by atoms with E-state index in [9.17, 15) is 9.59 Å². The first-order valence-corrected chi connectivity index (χ1v) is 11.0. The fraction of sp³-hybridized carbons (Fsp3) is 0.435. The van der Waals surface area contributed by atoms with Crippen molar-refractivity contribution in [3.63, 3.8) is 0 Å². The van der Waals surface area contributed by atoms with Crippen LogP contribution in [0.5, 0.6) is 0 Å². The van der Waals surface area contributed by atoms with Crippen molar-refractivity contribution in [3.05, 3.63) is 57.8 Å². The summed E-state index contributed by atoms with van der Waals surface area (Å²) in [7, 11) is 0. The van der Waals surface area contributed by atoms with E-state index < -0.39 is 11.6 Å². The molecule has 0 fully saturated rings. The molecule has 6 nitrogen and oxygen atoms in total. The molecule has 2 heterocycles. The number of hydrogen-bond donors (Lipinski definition) is 1. The lowest BCUT2D eigenvalue weighted by molar-refractivity contribution is -0.150. The van der Waals surface area contributed by atoms with Gasteiger partial charge in [0.15, 0.2) is 5.17 Å². The topological polar surface area (TPSA) is 71.0 Å². The maximum absolute atomic E-state index is 13.2. The molecule has 0 radical (unpaired) electrons. The molecule has 1 atom stereocenters. The Balaban J connectivity index is 2.07. The summed E-state index contributed by atoms with van der Waals surface area (Å²) >= 11 is 1.48. The summed E-state index contributed by atoms with van der Waals surface area (Å²) in [6, 6.07) is 7.68. The van der Waals surface area contributed by atoms with E-state index in [1.165, 1.54) is 11.8 Å². The molecule has 2 aliphatic heterocycles. The Kier molecular flexibility index (Phi) is 6.41. The largest absolute Gasteiger partial charge is 0.456 e. The van der Waals surface area contributed by atoms with Gasteiger partial charge in [0.2, 0.25) is 5.91 Å². The number of benzene rings is 1. The second kappa shape index (κ2) is 8.68. The van der Waals surface area contributed by atoms with Crippen molar-refractivity contribution in [2.45, 2.75) is 59.6 Å². The lowest BCUT2D eigenvalue weighted by atomic mass is 9.92. The number of nitrogens with one attached hydrogen (secondary N) is 1. The van der Waals surface area contributed by atoms with Gasteiger partial charge in [-0.1, -0.05) is 41.6 Å². The number of nitrogens with zero attached hydrogens (tertiary/aromatic N) is 2.